The Hall–Kier alpha value is -0.910. The lowest BCUT2D eigenvalue weighted by Gasteiger charge is -2.38. The molecule has 1 aromatic rings. The minimum atomic E-state index is -3.13. The molecule has 2 unspecified atom stereocenters. The summed E-state index contributed by atoms with van der Waals surface area (Å²) < 4.78 is 24.7. The molecule has 0 aromatic heterocycles. The van der Waals surface area contributed by atoms with E-state index in [-0.39, 0.29) is 24.0 Å². The van der Waals surface area contributed by atoms with Gasteiger partial charge in [-0.3, -0.25) is 9.89 Å². The topological polar surface area (TPSA) is 85.8 Å². The van der Waals surface area contributed by atoms with Crippen LogP contribution in [-0.4, -0.2) is 63.8 Å². The van der Waals surface area contributed by atoms with Crippen molar-refractivity contribution in [1.29, 1.82) is 0 Å². The Morgan fingerprint density at radius 3 is 2.62 bits per heavy atom. The summed E-state index contributed by atoms with van der Waals surface area (Å²) in [5.74, 6) is 0.815. The van der Waals surface area contributed by atoms with Gasteiger partial charge in [-0.25, -0.2) is 13.1 Å². The second-order valence-corrected chi connectivity index (χ2v) is 9.28. The van der Waals surface area contributed by atoms with E-state index >= 15 is 0 Å². The quantitative estimate of drug-likeness (QED) is 0.195. The molecule has 2 rings (SSSR count). The molecule has 1 aliphatic rings. The minimum Gasteiger partial charge on any atom is -0.357 e. The number of likely N-dealkylation sites (tertiary alicyclic amines) is 1. The van der Waals surface area contributed by atoms with Gasteiger partial charge in [0.25, 0.3) is 0 Å². The molecule has 29 heavy (non-hydrogen) atoms. The highest BCUT2D eigenvalue weighted by atomic mass is 127. The molecule has 0 radical (unpaired) electrons. The van der Waals surface area contributed by atoms with Gasteiger partial charge in [0, 0.05) is 44.8 Å². The fraction of sp³-hybridized carbons (Fsp3) is 0.650. The molecule has 2 atom stereocenters. The first-order chi connectivity index (χ1) is 13.4. The molecule has 3 N–H and O–H groups in total. The fourth-order valence-electron chi connectivity index (χ4n) is 3.45. The number of nitrogens with one attached hydrogen (secondary N) is 3. The number of halogens is 1. The van der Waals surface area contributed by atoms with Gasteiger partial charge in [0.15, 0.2) is 5.96 Å². The third-order valence-corrected chi connectivity index (χ3v) is 5.62. The van der Waals surface area contributed by atoms with Crippen LogP contribution < -0.4 is 15.4 Å². The largest absolute Gasteiger partial charge is 0.357 e. The molecule has 0 saturated carbocycles. The molecular weight excluding hydrogens is 501 g/mol. The number of sulfonamides is 1. The smallest absolute Gasteiger partial charge is 0.208 e. The van der Waals surface area contributed by atoms with Crippen LogP contribution in [0.4, 0.5) is 0 Å². The van der Waals surface area contributed by atoms with E-state index in [9.17, 15) is 8.42 Å². The van der Waals surface area contributed by atoms with Crippen molar-refractivity contribution in [2.24, 2.45) is 4.99 Å². The molecule has 0 bridgehead atoms. The summed E-state index contributed by atoms with van der Waals surface area (Å²) in [6.07, 6.45) is 4.01. The van der Waals surface area contributed by atoms with Gasteiger partial charge in [0.2, 0.25) is 10.0 Å². The van der Waals surface area contributed by atoms with E-state index in [1.165, 1.54) is 11.8 Å². The van der Waals surface area contributed by atoms with Crippen LogP contribution >= 0.6 is 24.0 Å². The Balaban J connectivity index is 0.00000420. The maximum absolute atomic E-state index is 11.1. The molecule has 7 nitrogen and oxygen atoms in total. The highest BCUT2D eigenvalue weighted by molar-refractivity contribution is 14.0. The van der Waals surface area contributed by atoms with Crippen molar-refractivity contribution in [3.8, 4) is 0 Å². The molecule has 0 amide bonds. The van der Waals surface area contributed by atoms with Crippen molar-refractivity contribution in [2.45, 2.75) is 51.7 Å². The summed E-state index contributed by atoms with van der Waals surface area (Å²) in [5, 5.41) is 6.84. The van der Waals surface area contributed by atoms with Crippen LogP contribution in [-0.2, 0) is 16.6 Å². The summed E-state index contributed by atoms with van der Waals surface area (Å²) in [5.41, 5.74) is 1.36. The molecule has 1 saturated heterocycles. The van der Waals surface area contributed by atoms with Crippen molar-refractivity contribution in [2.75, 3.05) is 32.4 Å². The van der Waals surface area contributed by atoms with Crippen LogP contribution in [0.25, 0.3) is 0 Å². The van der Waals surface area contributed by atoms with E-state index in [0.29, 0.717) is 31.6 Å². The van der Waals surface area contributed by atoms with Crippen molar-refractivity contribution in [1.82, 2.24) is 20.3 Å². The zero-order valence-corrected chi connectivity index (χ0v) is 20.9. The summed E-state index contributed by atoms with van der Waals surface area (Å²) >= 11 is 0. The van der Waals surface area contributed by atoms with Gasteiger partial charge in [-0.05, 0) is 38.7 Å². The highest BCUT2D eigenvalue weighted by Crippen LogP contribution is 2.19. The second-order valence-electron chi connectivity index (χ2n) is 7.45. The third kappa shape index (κ3) is 10.6. The zero-order valence-electron chi connectivity index (χ0n) is 17.7. The van der Waals surface area contributed by atoms with E-state index < -0.39 is 10.0 Å². The first-order valence-corrected chi connectivity index (χ1v) is 12.0. The van der Waals surface area contributed by atoms with Crippen LogP contribution in [0.15, 0.2) is 35.3 Å². The van der Waals surface area contributed by atoms with Crippen LogP contribution in [0, 0.1) is 0 Å². The summed E-state index contributed by atoms with van der Waals surface area (Å²) in [4.78, 5) is 7.12. The van der Waals surface area contributed by atoms with E-state index in [4.69, 9.17) is 0 Å². The van der Waals surface area contributed by atoms with E-state index in [0.717, 1.165) is 38.4 Å². The number of benzene rings is 1. The first kappa shape index (κ1) is 26.1. The van der Waals surface area contributed by atoms with Gasteiger partial charge in [0.1, 0.15) is 0 Å². The third-order valence-electron chi connectivity index (χ3n) is 4.90. The number of hydrogen-bond donors (Lipinski definition) is 3. The average Bonchev–Trinajstić information content (AvgIpc) is 2.64. The van der Waals surface area contributed by atoms with Gasteiger partial charge in [-0.1, -0.05) is 30.3 Å². The first-order valence-electron chi connectivity index (χ1n) is 10.1. The molecular formula is C20H36IN5O2S. The summed E-state index contributed by atoms with van der Waals surface area (Å²) in [6.45, 7) is 8.19. The fourth-order valence-corrected chi connectivity index (χ4v) is 3.96. The lowest BCUT2D eigenvalue weighted by molar-refractivity contribution is 0.134. The SMILES string of the molecule is CCNC(=NCCCNS(C)(=O)=O)NC1CCN(Cc2ccccc2)C(C)C1.I. The van der Waals surface area contributed by atoms with Crippen molar-refractivity contribution in [3.05, 3.63) is 35.9 Å². The van der Waals surface area contributed by atoms with Crippen LogP contribution in [0.2, 0.25) is 0 Å². The maximum atomic E-state index is 11.1. The molecule has 9 heteroatoms. The second kappa shape index (κ2) is 13.4. The lowest BCUT2D eigenvalue weighted by atomic mass is 9.97. The number of hydrogen-bond acceptors (Lipinski definition) is 4. The Kier molecular flexibility index (Phi) is 12.1. The van der Waals surface area contributed by atoms with Crippen LogP contribution in [0.5, 0.6) is 0 Å². The van der Waals surface area contributed by atoms with Crippen molar-refractivity contribution >= 4 is 40.0 Å². The molecule has 1 aromatic carbocycles. The van der Waals surface area contributed by atoms with Crippen molar-refractivity contribution in [3.63, 3.8) is 0 Å². The molecule has 0 aliphatic carbocycles. The molecule has 0 spiro atoms. The standard InChI is InChI=1S/C20H35N5O2S.HI/c1-4-21-20(22-12-8-13-23-28(3,26)27)24-19-11-14-25(17(2)15-19)16-18-9-6-5-7-10-18;/h5-7,9-10,17,19,23H,4,8,11-16H2,1-3H3,(H2,21,22,24);1H. The predicted molar refractivity (Wildman–Crippen MR) is 131 cm³/mol. The molecule has 1 aliphatic heterocycles. The minimum absolute atomic E-state index is 0. The Labute approximate surface area is 193 Å². The van der Waals surface area contributed by atoms with Gasteiger partial charge in [0.05, 0.1) is 6.26 Å². The number of rotatable bonds is 9. The molecule has 166 valence electrons. The molecule has 1 fully saturated rings. The van der Waals surface area contributed by atoms with E-state index in [1.807, 2.05) is 6.92 Å². The van der Waals surface area contributed by atoms with Gasteiger partial charge in [-0.15, -0.1) is 24.0 Å². The lowest BCUT2D eigenvalue weighted by Crippen LogP contribution is -2.51. The highest BCUT2D eigenvalue weighted by Gasteiger charge is 2.25. The number of piperidine rings is 1. The maximum Gasteiger partial charge on any atom is 0.208 e. The summed E-state index contributed by atoms with van der Waals surface area (Å²) in [7, 11) is -3.13. The monoisotopic (exact) mass is 537 g/mol. The normalized spacial score (nSPS) is 20.7. The van der Waals surface area contributed by atoms with E-state index in [1.54, 1.807) is 0 Å². The molecule has 1 heterocycles. The van der Waals surface area contributed by atoms with E-state index in [2.05, 4.69) is 62.5 Å². The van der Waals surface area contributed by atoms with Crippen LogP contribution in [0.1, 0.15) is 38.7 Å². The Bertz CT molecular complexity index is 715. The summed E-state index contributed by atoms with van der Waals surface area (Å²) in [6, 6.07) is 11.5. The number of aliphatic imine (C=N–C) groups is 1. The predicted octanol–water partition coefficient (Wildman–Crippen LogP) is 2.15. The average molecular weight is 538 g/mol. The Morgan fingerprint density at radius 1 is 1.28 bits per heavy atom. The van der Waals surface area contributed by atoms with Crippen LogP contribution in [0.3, 0.4) is 0 Å². The Morgan fingerprint density at radius 2 is 2.00 bits per heavy atom. The number of nitrogens with zero attached hydrogens (tertiary/aromatic N) is 2. The van der Waals surface area contributed by atoms with Gasteiger partial charge in [-0.2, -0.15) is 0 Å². The van der Waals surface area contributed by atoms with Gasteiger partial charge < -0.3 is 10.6 Å². The zero-order chi connectivity index (χ0) is 20.4. The van der Waals surface area contributed by atoms with Gasteiger partial charge >= 0.3 is 0 Å². The van der Waals surface area contributed by atoms with Crippen molar-refractivity contribution < 1.29 is 8.42 Å². The number of guanidine groups is 1.